The average Bonchev–Trinajstić information content (AvgIpc) is 3.14. The molecule has 0 spiro atoms. The first-order valence-electron chi connectivity index (χ1n) is 9.54. The van der Waals surface area contributed by atoms with Gasteiger partial charge in [0, 0.05) is 43.1 Å². The molecule has 1 aromatic rings. The van der Waals surface area contributed by atoms with Gasteiger partial charge in [0.05, 0.1) is 11.5 Å². The quantitative estimate of drug-likeness (QED) is 0.667. The minimum absolute atomic E-state index is 0.00482. The highest BCUT2D eigenvalue weighted by atomic mass is 32.2. The molecule has 0 saturated carbocycles. The van der Waals surface area contributed by atoms with Crippen LogP contribution in [0, 0.1) is 0 Å². The monoisotopic (exact) mass is 435 g/mol. The highest BCUT2D eigenvalue weighted by molar-refractivity contribution is 7.89. The molecule has 27 heavy (non-hydrogen) atoms. The van der Waals surface area contributed by atoms with Gasteiger partial charge in [0.25, 0.3) is 0 Å². The molecule has 2 unspecified atom stereocenters. The van der Waals surface area contributed by atoms with Gasteiger partial charge in [0.15, 0.2) is 0 Å². The lowest BCUT2D eigenvalue weighted by atomic mass is 9.90. The molecule has 1 saturated heterocycles. The predicted molar refractivity (Wildman–Crippen MR) is 109 cm³/mol. The van der Waals surface area contributed by atoms with Crippen molar-refractivity contribution in [2.75, 3.05) is 37.7 Å². The zero-order valence-corrected chi connectivity index (χ0v) is 18.4. The van der Waals surface area contributed by atoms with E-state index in [1.165, 1.54) is 10.4 Å². The molecule has 0 bridgehead atoms. The van der Waals surface area contributed by atoms with Gasteiger partial charge in [0.1, 0.15) is 0 Å². The second-order valence-electron chi connectivity index (χ2n) is 7.10. The molecule has 0 radical (unpaired) electrons. The average molecular weight is 436 g/mol. The van der Waals surface area contributed by atoms with Crippen LogP contribution in [0.2, 0.25) is 0 Å². The van der Waals surface area contributed by atoms with Gasteiger partial charge in [-0.1, -0.05) is 0 Å². The van der Waals surface area contributed by atoms with Crippen molar-refractivity contribution in [1.82, 2.24) is 13.9 Å². The van der Waals surface area contributed by atoms with E-state index in [0.29, 0.717) is 0 Å². The Kier molecular flexibility index (Phi) is 6.64. The molecule has 3 heterocycles. The van der Waals surface area contributed by atoms with Crippen LogP contribution in [-0.4, -0.2) is 69.8 Å². The Labute approximate surface area is 166 Å². The second-order valence-corrected chi connectivity index (χ2v) is 12.4. The summed E-state index contributed by atoms with van der Waals surface area (Å²) in [6.45, 7) is 5.42. The number of nitrogens with zero attached hydrogens (tertiary/aromatic N) is 2. The number of sulfonamides is 2. The number of nitrogens with one attached hydrogen (secondary N) is 1. The summed E-state index contributed by atoms with van der Waals surface area (Å²) in [6.07, 6.45) is 2.63. The van der Waals surface area contributed by atoms with E-state index in [9.17, 15) is 16.8 Å². The Bertz CT molecular complexity index is 851. The smallest absolute Gasteiger partial charge is 0.214 e. The highest BCUT2D eigenvalue weighted by Crippen LogP contribution is 2.41. The largest absolute Gasteiger partial charge is 0.295 e. The molecule has 7 nitrogen and oxygen atoms in total. The van der Waals surface area contributed by atoms with Crippen LogP contribution in [0.3, 0.4) is 0 Å². The van der Waals surface area contributed by atoms with Crippen LogP contribution < -0.4 is 4.72 Å². The van der Waals surface area contributed by atoms with E-state index in [-0.39, 0.29) is 36.7 Å². The normalized spacial score (nSPS) is 24.0. The lowest BCUT2D eigenvalue weighted by Crippen LogP contribution is -2.51. The molecule has 0 aliphatic carbocycles. The molecule has 2 aliphatic rings. The molecule has 2 aliphatic heterocycles. The first-order valence-corrected chi connectivity index (χ1v) is 13.7. The molecule has 1 fully saturated rings. The Balaban J connectivity index is 1.75. The van der Waals surface area contributed by atoms with Crippen molar-refractivity contribution in [2.45, 2.75) is 45.2 Å². The van der Waals surface area contributed by atoms with Gasteiger partial charge in [-0.2, -0.15) is 4.31 Å². The maximum absolute atomic E-state index is 12.7. The summed E-state index contributed by atoms with van der Waals surface area (Å²) in [7, 11) is -6.73. The highest BCUT2D eigenvalue weighted by Gasteiger charge is 2.39. The fourth-order valence-corrected chi connectivity index (χ4v) is 7.09. The first-order chi connectivity index (χ1) is 12.8. The maximum Gasteiger partial charge on any atom is 0.214 e. The summed E-state index contributed by atoms with van der Waals surface area (Å²) in [4.78, 5) is 3.83. The van der Waals surface area contributed by atoms with E-state index < -0.39 is 20.0 Å². The number of thiophene rings is 1. The molecule has 10 heteroatoms. The van der Waals surface area contributed by atoms with E-state index in [1.54, 1.807) is 29.5 Å². The van der Waals surface area contributed by atoms with Crippen LogP contribution in [-0.2, 0) is 26.5 Å². The first kappa shape index (κ1) is 21.2. The van der Waals surface area contributed by atoms with E-state index >= 15 is 0 Å². The summed E-state index contributed by atoms with van der Waals surface area (Å²) in [5.41, 5.74) is 1.39. The van der Waals surface area contributed by atoms with Crippen LogP contribution in [0.15, 0.2) is 11.4 Å². The van der Waals surface area contributed by atoms with E-state index in [0.717, 1.165) is 32.4 Å². The number of piperidine rings is 1. The van der Waals surface area contributed by atoms with Gasteiger partial charge in [-0.15, -0.1) is 11.3 Å². The minimum Gasteiger partial charge on any atom is -0.295 e. The zero-order valence-electron chi connectivity index (χ0n) is 15.9. The number of hydrogen-bond donors (Lipinski definition) is 1. The van der Waals surface area contributed by atoms with Gasteiger partial charge in [-0.05, 0) is 50.1 Å². The standard InChI is InChI=1S/C17H29N3O4S3/c1-3-26(21,22)18-8-11-20(27(23,24)4-2)15-6-10-19-9-5-14-7-12-25-17(14)16(19)13-15/h7,12,15-16,18H,3-6,8-11,13H2,1-2H3. The van der Waals surface area contributed by atoms with Crippen molar-refractivity contribution in [1.29, 1.82) is 0 Å². The maximum atomic E-state index is 12.7. The third kappa shape index (κ3) is 4.73. The molecule has 0 aromatic carbocycles. The van der Waals surface area contributed by atoms with Crippen LogP contribution >= 0.6 is 11.3 Å². The van der Waals surface area contributed by atoms with Crippen molar-refractivity contribution in [3.63, 3.8) is 0 Å². The van der Waals surface area contributed by atoms with Crippen LogP contribution in [0.4, 0.5) is 0 Å². The number of hydrogen-bond acceptors (Lipinski definition) is 6. The van der Waals surface area contributed by atoms with Gasteiger partial charge < -0.3 is 0 Å². The molecular formula is C17H29N3O4S3. The molecule has 1 aromatic heterocycles. The molecule has 154 valence electrons. The lowest BCUT2D eigenvalue weighted by Gasteiger charge is -2.45. The molecule has 2 atom stereocenters. The van der Waals surface area contributed by atoms with Crippen molar-refractivity contribution >= 4 is 31.4 Å². The van der Waals surface area contributed by atoms with Crippen molar-refractivity contribution in [3.8, 4) is 0 Å². The molecule has 0 amide bonds. The summed E-state index contributed by atoms with van der Waals surface area (Å²) in [6, 6.07) is 2.37. The Hall–Kier alpha value is -0.520. The lowest BCUT2D eigenvalue weighted by molar-refractivity contribution is 0.0936. The SMILES string of the molecule is CCS(=O)(=O)NCCN(C1CCN2CCc3ccsc3C2C1)S(=O)(=O)CC. The second kappa shape index (κ2) is 8.46. The Morgan fingerprint density at radius 3 is 2.70 bits per heavy atom. The number of rotatable bonds is 8. The fourth-order valence-electron chi connectivity index (χ4n) is 4.04. The fraction of sp³-hybridized carbons (Fsp3) is 0.765. The topological polar surface area (TPSA) is 86.8 Å². The van der Waals surface area contributed by atoms with Crippen LogP contribution in [0.5, 0.6) is 0 Å². The molecule has 1 N–H and O–H groups in total. The predicted octanol–water partition coefficient (Wildman–Crippen LogP) is 1.40. The van der Waals surface area contributed by atoms with Crippen molar-refractivity contribution < 1.29 is 16.8 Å². The Morgan fingerprint density at radius 2 is 2.00 bits per heavy atom. The van der Waals surface area contributed by atoms with Crippen LogP contribution in [0.25, 0.3) is 0 Å². The molecular weight excluding hydrogens is 406 g/mol. The van der Waals surface area contributed by atoms with Crippen molar-refractivity contribution in [2.24, 2.45) is 0 Å². The van der Waals surface area contributed by atoms with E-state index in [2.05, 4.69) is 21.1 Å². The number of fused-ring (bicyclic) bond motifs is 3. The third-order valence-electron chi connectivity index (χ3n) is 5.60. The molecule has 3 rings (SSSR count). The summed E-state index contributed by atoms with van der Waals surface area (Å²) >= 11 is 1.76. The summed E-state index contributed by atoms with van der Waals surface area (Å²) in [5, 5.41) is 2.12. The van der Waals surface area contributed by atoms with Gasteiger partial charge >= 0.3 is 0 Å². The van der Waals surface area contributed by atoms with Crippen LogP contribution in [0.1, 0.15) is 43.2 Å². The third-order valence-corrected chi connectivity index (χ3v) is 9.99. The summed E-state index contributed by atoms with van der Waals surface area (Å²) < 4.78 is 52.9. The van der Waals surface area contributed by atoms with Gasteiger partial charge in [-0.25, -0.2) is 21.6 Å². The minimum atomic E-state index is -3.40. The van der Waals surface area contributed by atoms with Gasteiger partial charge in [-0.3, -0.25) is 4.90 Å². The zero-order chi connectivity index (χ0) is 19.7. The van der Waals surface area contributed by atoms with Crippen molar-refractivity contribution in [3.05, 3.63) is 21.9 Å². The summed E-state index contributed by atoms with van der Waals surface area (Å²) in [5.74, 6) is 0.0256. The van der Waals surface area contributed by atoms with Gasteiger partial charge in [0.2, 0.25) is 20.0 Å². The van der Waals surface area contributed by atoms with E-state index in [1.807, 2.05) is 0 Å². The Morgan fingerprint density at radius 1 is 1.22 bits per heavy atom. The van der Waals surface area contributed by atoms with E-state index in [4.69, 9.17) is 0 Å².